The van der Waals surface area contributed by atoms with E-state index in [9.17, 15) is 24.6 Å². The van der Waals surface area contributed by atoms with Gasteiger partial charge in [0.2, 0.25) is 11.7 Å². The first-order valence-corrected chi connectivity index (χ1v) is 15.1. The zero-order valence-electron chi connectivity index (χ0n) is 25.9. The number of amides is 2. The molecule has 5 heterocycles. The van der Waals surface area contributed by atoms with Crippen molar-refractivity contribution in [2.24, 2.45) is 17.8 Å². The van der Waals surface area contributed by atoms with E-state index in [1.54, 1.807) is 19.9 Å². The highest BCUT2D eigenvalue weighted by atomic mass is 16.8. The molecule has 0 aliphatic carbocycles. The number of aliphatic hydroxyl groups is 2. The molecule has 2 bridgehead atoms. The summed E-state index contributed by atoms with van der Waals surface area (Å²) in [6, 6.07) is -1.15. The maximum atomic E-state index is 13.6. The predicted molar refractivity (Wildman–Crippen MR) is 155 cm³/mol. The number of fused-ring (bicyclic) bond motifs is 3. The molecule has 236 valence electrons. The standard InChI is InChI=1S/C32H44N2O9/c1-16(14-17(2)28-18(3)23-12-13-32(15-40-32)31(6,42-23)43-28)8-9-22(36)25-27(37)26(19(4)29(38)33-7)34(30(25)39)24-11-10-21(35)20(5)41-24/h8-9,12-14,17-21,23-24,26,28,35-36H,10-11,15H2,1-7H3,(H,33,38)/b9-8+,16-14+,25-22+/t17-,18-,19+,20+,21-,23+,24+,26+,28+,31+,32-/m1/s1. The molecule has 3 N–H and O–H groups in total. The molecule has 11 atom stereocenters. The monoisotopic (exact) mass is 600 g/mol. The Balaban J connectivity index is 1.36. The molecule has 0 radical (unpaired) electrons. The van der Waals surface area contributed by atoms with E-state index in [1.807, 2.05) is 19.9 Å². The van der Waals surface area contributed by atoms with Crippen molar-refractivity contribution in [1.82, 2.24) is 10.2 Å². The molecular formula is C32H44N2O9. The Morgan fingerprint density at radius 1 is 1.19 bits per heavy atom. The number of carbonyl (C=O) groups excluding carboxylic acids is 3. The maximum Gasteiger partial charge on any atom is 0.264 e. The quantitative estimate of drug-likeness (QED) is 0.100. The van der Waals surface area contributed by atoms with Crippen LogP contribution in [0.3, 0.4) is 0 Å². The molecule has 0 aromatic heterocycles. The number of epoxide rings is 1. The Morgan fingerprint density at radius 2 is 1.88 bits per heavy atom. The molecule has 5 aliphatic rings. The average molecular weight is 601 g/mol. The van der Waals surface area contributed by atoms with Crippen molar-refractivity contribution >= 4 is 17.6 Å². The average Bonchev–Trinajstić information content (AvgIpc) is 3.71. The first kappa shape index (κ1) is 31.6. The third kappa shape index (κ3) is 5.50. The minimum atomic E-state index is -1.15. The van der Waals surface area contributed by atoms with Gasteiger partial charge >= 0.3 is 0 Å². The van der Waals surface area contributed by atoms with E-state index in [2.05, 4.69) is 31.3 Å². The van der Waals surface area contributed by atoms with Gasteiger partial charge in [0, 0.05) is 18.9 Å². The fourth-order valence-electron chi connectivity index (χ4n) is 6.82. The lowest BCUT2D eigenvalue weighted by Crippen LogP contribution is -2.61. The highest BCUT2D eigenvalue weighted by Gasteiger charge is 2.66. The summed E-state index contributed by atoms with van der Waals surface area (Å²) in [5.41, 5.74) is -0.127. The van der Waals surface area contributed by atoms with Crippen molar-refractivity contribution in [2.45, 2.75) is 102 Å². The van der Waals surface area contributed by atoms with Gasteiger partial charge in [0.1, 0.15) is 23.6 Å². The van der Waals surface area contributed by atoms with E-state index in [0.29, 0.717) is 19.4 Å². The number of aliphatic hydroxyl groups excluding tert-OH is 2. The summed E-state index contributed by atoms with van der Waals surface area (Å²) in [5.74, 6) is -3.93. The number of ketones is 1. The number of hydrogen-bond donors (Lipinski definition) is 3. The van der Waals surface area contributed by atoms with Crippen LogP contribution in [0.1, 0.15) is 54.4 Å². The summed E-state index contributed by atoms with van der Waals surface area (Å²) >= 11 is 0. The van der Waals surface area contributed by atoms with Crippen molar-refractivity contribution in [2.75, 3.05) is 13.7 Å². The van der Waals surface area contributed by atoms with Crippen LogP contribution in [0.2, 0.25) is 0 Å². The van der Waals surface area contributed by atoms with E-state index in [-0.39, 0.29) is 29.6 Å². The van der Waals surface area contributed by atoms with E-state index >= 15 is 0 Å². The largest absolute Gasteiger partial charge is 0.507 e. The van der Waals surface area contributed by atoms with Crippen molar-refractivity contribution in [3.63, 3.8) is 0 Å². The number of likely N-dealkylation sites (tertiary alicyclic amines) is 1. The van der Waals surface area contributed by atoms with Gasteiger partial charge in [-0.1, -0.05) is 44.6 Å². The number of allylic oxidation sites excluding steroid dienone is 3. The first-order chi connectivity index (χ1) is 20.2. The molecule has 0 saturated carbocycles. The number of rotatable bonds is 7. The Bertz CT molecular complexity index is 1280. The van der Waals surface area contributed by atoms with Gasteiger partial charge in [0.15, 0.2) is 11.4 Å². The lowest BCUT2D eigenvalue weighted by molar-refractivity contribution is -0.346. The second-order valence-corrected chi connectivity index (χ2v) is 12.7. The normalized spacial score (nSPS) is 42.0. The summed E-state index contributed by atoms with van der Waals surface area (Å²) in [4.78, 5) is 41.1. The summed E-state index contributed by atoms with van der Waals surface area (Å²) in [6.45, 7) is 11.7. The van der Waals surface area contributed by atoms with Crippen LogP contribution < -0.4 is 5.32 Å². The van der Waals surface area contributed by atoms with Gasteiger partial charge in [-0.25, -0.2) is 0 Å². The Kier molecular flexibility index (Phi) is 8.51. The van der Waals surface area contributed by atoms with E-state index in [4.69, 9.17) is 18.9 Å². The van der Waals surface area contributed by atoms with Gasteiger partial charge in [-0.2, -0.15) is 0 Å². The topological polar surface area (TPSA) is 147 Å². The molecule has 4 saturated heterocycles. The SMILES string of the molecule is CNC(=O)[C@@H](C)[C@H]1C(=O)/C(=C(O)/C=C/C(C)=C/[C@@H](C)[C@@H]2O[C@]3(C)O[C@@H](C=C[C@@]34CO4)[C@H]2C)C(=O)N1[C@@H]1CC[C@@H](O)[C@H](C)O1. The van der Waals surface area contributed by atoms with Crippen molar-refractivity contribution in [3.05, 3.63) is 47.3 Å². The first-order valence-electron chi connectivity index (χ1n) is 15.1. The molecule has 0 unspecified atom stereocenters. The van der Waals surface area contributed by atoms with Gasteiger partial charge in [0.25, 0.3) is 5.91 Å². The summed E-state index contributed by atoms with van der Waals surface area (Å²) in [6.07, 6.45) is 7.46. The number of nitrogens with zero attached hydrogens (tertiary/aromatic N) is 1. The molecule has 5 rings (SSSR count). The van der Waals surface area contributed by atoms with Crippen LogP contribution in [0, 0.1) is 17.8 Å². The molecule has 1 spiro atoms. The third-order valence-corrected chi connectivity index (χ3v) is 9.67. The summed E-state index contributed by atoms with van der Waals surface area (Å²) in [7, 11) is 1.46. The van der Waals surface area contributed by atoms with E-state index < -0.39 is 65.1 Å². The smallest absolute Gasteiger partial charge is 0.264 e. The van der Waals surface area contributed by atoms with Crippen LogP contribution in [-0.2, 0) is 33.3 Å². The Hall–Kier alpha value is -2.83. The second kappa shape index (κ2) is 11.6. The number of Topliss-reactive ketones (excluding diaryl/α,β-unsaturated/α-hetero) is 1. The van der Waals surface area contributed by atoms with Crippen LogP contribution in [0.25, 0.3) is 0 Å². The van der Waals surface area contributed by atoms with Crippen LogP contribution in [0.5, 0.6) is 0 Å². The fourth-order valence-corrected chi connectivity index (χ4v) is 6.82. The highest BCUT2D eigenvalue weighted by Crippen LogP contribution is 2.52. The third-order valence-electron chi connectivity index (χ3n) is 9.67. The van der Waals surface area contributed by atoms with Crippen molar-refractivity contribution < 1.29 is 43.5 Å². The second-order valence-electron chi connectivity index (χ2n) is 12.7. The van der Waals surface area contributed by atoms with Gasteiger partial charge in [-0.15, -0.1) is 0 Å². The van der Waals surface area contributed by atoms with E-state index in [1.165, 1.54) is 18.0 Å². The molecule has 5 aliphatic heterocycles. The zero-order valence-corrected chi connectivity index (χ0v) is 25.9. The molecule has 43 heavy (non-hydrogen) atoms. The molecule has 0 aromatic rings. The fraction of sp³-hybridized carbons (Fsp3) is 0.656. The van der Waals surface area contributed by atoms with E-state index in [0.717, 1.165) is 5.57 Å². The van der Waals surface area contributed by atoms with Crippen LogP contribution in [0.15, 0.2) is 47.3 Å². The molecule has 11 heteroatoms. The summed E-state index contributed by atoms with van der Waals surface area (Å²) in [5, 5.41) is 23.7. The van der Waals surface area contributed by atoms with Gasteiger partial charge in [-0.05, 0) is 45.8 Å². The van der Waals surface area contributed by atoms with Gasteiger partial charge in [-0.3, -0.25) is 14.4 Å². The minimum absolute atomic E-state index is 0.0220. The lowest BCUT2D eigenvalue weighted by Gasteiger charge is -2.51. The minimum Gasteiger partial charge on any atom is -0.507 e. The number of ether oxygens (including phenoxy) is 4. The Morgan fingerprint density at radius 3 is 2.51 bits per heavy atom. The number of hydrogen-bond acceptors (Lipinski definition) is 9. The number of nitrogens with one attached hydrogen (secondary N) is 1. The van der Waals surface area contributed by atoms with Crippen LogP contribution in [0.4, 0.5) is 0 Å². The molecule has 2 amide bonds. The molecule has 4 fully saturated rings. The van der Waals surface area contributed by atoms with Gasteiger partial charge in [0.05, 0.1) is 36.9 Å². The molecule has 0 aromatic carbocycles. The Labute approximate surface area is 252 Å². The van der Waals surface area contributed by atoms with Crippen LogP contribution >= 0.6 is 0 Å². The summed E-state index contributed by atoms with van der Waals surface area (Å²) < 4.78 is 24.3. The highest BCUT2D eigenvalue weighted by molar-refractivity contribution is 6.27. The van der Waals surface area contributed by atoms with Crippen molar-refractivity contribution in [1.29, 1.82) is 0 Å². The molecule has 11 nitrogen and oxygen atoms in total. The number of carbonyl (C=O) groups is 3. The molecular weight excluding hydrogens is 556 g/mol. The van der Waals surface area contributed by atoms with Gasteiger partial charge < -0.3 is 39.4 Å². The predicted octanol–water partition coefficient (Wildman–Crippen LogP) is 2.46. The van der Waals surface area contributed by atoms with Crippen LogP contribution in [-0.4, -0.2) is 94.4 Å². The lowest BCUT2D eigenvalue weighted by atomic mass is 9.82. The zero-order chi connectivity index (χ0) is 31.4. The van der Waals surface area contributed by atoms with Crippen molar-refractivity contribution in [3.8, 4) is 0 Å². The maximum absolute atomic E-state index is 13.6.